The molecule has 0 radical (unpaired) electrons. The third-order valence-electron chi connectivity index (χ3n) is 2.99. The lowest BCUT2D eigenvalue weighted by atomic mass is 10.2. The largest absolute Gasteiger partial charge is 0.335 e. The quantitative estimate of drug-likeness (QED) is 0.787. The highest BCUT2D eigenvalue weighted by Gasteiger charge is 2.07. The number of alkyl halides is 2. The zero-order valence-electron chi connectivity index (χ0n) is 12.3. The van der Waals surface area contributed by atoms with Crippen molar-refractivity contribution in [3.8, 4) is 0 Å². The number of nitrogens with one attached hydrogen (secondary N) is 1. The van der Waals surface area contributed by atoms with Gasteiger partial charge in [-0.25, -0.2) is 0 Å². The van der Waals surface area contributed by atoms with Crippen LogP contribution in [0.2, 0.25) is 0 Å². The fraction of sp³-hybridized carbons (Fsp3) is 0.333. The molecule has 1 atom stereocenters. The van der Waals surface area contributed by atoms with E-state index in [1.165, 1.54) is 0 Å². The summed E-state index contributed by atoms with van der Waals surface area (Å²) in [5.41, 5.74) is 0.877. The Balaban J connectivity index is 1.96. The maximum Gasteiger partial charge on any atom is 0.288 e. The molecular formula is C15H17F2N3OS. The van der Waals surface area contributed by atoms with Gasteiger partial charge < -0.3 is 9.84 Å². The Bertz CT molecular complexity index is 614. The van der Waals surface area contributed by atoms with Crippen molar-refractivity contribution >= 4 is 23.9 Å². The van der Waals surface area contributed by atoms with Crippen LogP contribution < -0.4 is 5.32 Å². The molecule has 1 unspecified atom stereocenters. The lowest BCUT2D eigenvalue weighted by Crippen LogP contribution is -2.24. The zero-order valence-corrected chi connectivity index (χ0v) is 13.1. The monoisotopic (exact) mass is 325 g/mol. The SMILES string of the molecule is CNC(C)Cc1noc(/C=C/c2ccc(SC(F)F)cc2)n1. The second-order valence-corrected chi connectivity index (χ2v) is 5.79. The summed E-state index contributed by atoms with van der Waals surface area (Å²) >= 11 is 0.528. The first kappa shape index (κ1) is 16.6. The molecule has 22 heavy (non-hydrogen) atoms. The van der Waals surface area contributed by atoms with E-state index in [4.69, 9.17) is 4.52 Å². The number of hydrogen-bond acceptors (Lipinski definition) is 5. The van der Waals surface area contributed by atoms with Crippen LogP contribution >= 0.6 is 11.8 Å². The predicted molar refractivity (Wildman–Crippen MR) is 83.8 cm³/mol. The van der Waals surface area contributed by atoms with Crippen molar-refractivity contribution in [3.05, 3.63) is 41.5 Å². The Morgan fingerprint density at radius 3 is 2.64 bits per heavy atom. The first-order chi connectivity index (χ1) is 10.6. The van der Waals surface area contributed by atoms with Gasteiger partial charge in [-0.05, 0) is 37.7 Å². The van der Waals surface area contributed by atoms with Crippen molar-refractivity contribution < 1.29 is 13.3 Å². The van der Waals surface area contributed by atoms with Crippen LogP contribution in [0.4, 0.5) is 8.78 Å². The molecule has 1 N–H and O–H groups in total. The van der Waals surface area contributed by atoms with E-state index in [9.17, 15) is 8.78 Å². The van der Waals surface area contributed by atoms with Crippen LogP contribution in [0.1, 0.15) is 24.2 Å². The summed E-state index contributed by atoms with van der Waals surface area (Å²) in [4.78, 5) is 4.80. The molecule has 0 bridgehead atoms. The van der Waals surface area contributed by atoms with Crippen molar-refractivity contribution in [1.82, 2.24) is 15.5 Å². The van der Waals surface area contributed by atoms with Crippen LogP contribution in [-0.2, 0) is 6.42 Å². The summed E-state index contributed by atoms with van der Waals surface area (Å²) in [5, 5.41) is 7.00. The van der Waals surface area contributed by atoms with E-state index in [0.29, 0.717) is 34.8 Å². The molecule has 4 nitrogen and oxygen atoms in total. The van der Waals surface area contributed by atoms with Gasteiger partial charge in [-0.15, -0.1) is 0 Å². The minimum absolute atomic E-state index is 0.273. The lowest BCUT2D eigenvalue weighted by Gasteiger charge is -2.04. The van der Waals surface area contributed by atoms with Crippen LogP contribution in [0.15, 0.2) is 33.7 Å². The van der Waals surface area contributed by atoms with E-state index < -0.39 is 5.76 Å². The van der Waals surface area contributed by atoms with Gasteiger partial charge in [0.25, 0.3) is 11.6 Å². The summed E-state index contributed by atoms with van der Waals surface area (Å²) in [7, 11) is 1.88. The van der Waals surface area contributed by atoms with Gasteiger partial charge in [-0.1, -0.05) is 29.1 Å². The van der Waals surface area contributed by atoms with Crippen molar-refractivity contribution in [3.63, 3.8) is 0 Å². The van der Waals surface area contributed by atoms with E-state index in [-0.39, 0.29) is 6.04 Å². The van der Waals surface area contributed by atoms with Gasteiger partial charge >= 0.3 is 0 Å². The third kappa shape index (κ3) is 5.23. The molecule has 1 heterocycles. The molecule has 1 aromatic heterocycles. The van der Waals surface area contributed by atoms with Crippen molar-refractivity contribution in [2.75, 3.05) is 7.05 Å². The van der Waals surface area contributed by atoms with Crippen molar-refractivity contribution in [2.45, 2.75) is 30.0 Å². The first-order valence-electron chi connectivity index (χ1n) is 6.79. The highest BCUT2D eigenvalue weighted by atomic mass is 32.2. The molecule has 7 heteroatoms. The van der Waals surface area contributed by atoms with E-state index in [2.05, 4.69) is 15.5 Å². The smallest absolute Gasteiger partial charge is 0.288 e. The van der Waals surface area contributed by atoms with Gasteiger partial charge in [0.05, 0.1) is 0 Å². The fourth-order valence-corrected chi connectivity index (χ4v) is 2.22. The highest BCUT2D eigenvalue weighted by molar-refractivity contribution is 7.99. The molecule has 0 aliphatic heterocycles. The minimum Gasteiger partial charge on any atom is -0.335 e. The Kier molecular flexibility index (Phi) is 6.09. The number of nitrogens with zero attached hydrogens (tertiary/aromatic N) is 2. The first-order valence-corrected chi connectivity index (χ1v) is 7.67. The van der Waals surface area contributed by atoms with Crippen molar-refractivity contribution in [2.24, 2.45) is 0 Å². The lowest BCUT2D eigenvalue weighted by molar-refractivity contribution is 0.252. The average molecular weight is 325 g/mol. The van der Waals surface area contributed by atoms with Crippen LogP contribution in [-0.4, -0.2) is 29.0 Å². The van der Waals surface area contributed by atoms with Gasteiger partial charge in [0, 0.05) is 23.4 Å². The van der Waals surface area contributed by atoms with Crippen LogP contribution in [0.5, 0.6) is 0 Å². The van der Waals surface area contributed by atoms with E-state index >= 15 is 0 Å². The normalized spacial score (nSPS) is 13.1. The maximum absolute atomic E-state index is 12.2. The number of aromatic nitrogens is 2. The third-order valence-corrected chi connectivity index (χ3v) is 3.71. The highest BCUT2D eigenvalue weighted by Crippen LogP contribution is 2.25. The zero-order chi connectivity index (χ0) is 15.9. The summed E-state index contributed by atoms with van der Waals surface area (Å²) in [6.45, 7) is 2.03. The maximum atomic E-state index is 12.2. The van der Waals surface area contributed by atoms with E-state index in [1.54, 1.807) is 36.4 Å². The average Bonchev–Trinajstić information content (AvgIpc) is 2.93. The summed E-state index contributed by atoms with van der Waals surface area (Å²) in [6, 6.07) is 7.12. The Hall–Kier alpha value is -1.73. The van der Waals surface area contributed by atoms with E-state index in [1.807, 2.05) is 14.0 Å². The van der Waals surface area contributed by atoms with Gasteiger partial charge in [-0.3, -0.25) is 0 Å². The number of rotatable bonds is 7. The molecule has 118 valence electrons. The molecule has 0 fully saturated rings. The summed E-state index contributed by atoms with van der Waals surface area (Å²) in [6.07, 6.45) is 4.19. The molecule has 2 rings (SSSR count). The number of hydrogen-bond donors (Lipinski definition) is 1. The van der Waals surface area contributed by atoms with Gasteiger partial charge in [0.1, 0.15) is 0 Å². The second kappa shape index (κ2) is 8.05. The molecule has 1 aromatic carbocycles. The van der Waals surface area contributed by atoms with Crippen LogP contribution in [0, 0.1) is 0 Å². The molecular weight excluding hydrogens is 308 g/mol. The van der Waals surface area contributed by atoms with Gasteiger partial charge in [0.2, 0.25) is 0 Å². The topological polar surface area (TPSA) is 51.0 Å². The van der Waals surface area contributed by atoms with Crippen LogP contribution in [0.25, 0.3) is 12.2 Å². The molecule has 0 aliphatic carbocycles. The number of thioether (sulfide) groups is 1. The summed E-state index contributed by atoms with van der Waals surface area (Å²) in [5.74, 6) is -1.34. The number of benzene rings is 1. The minimum atomic E-state index is -2.40. The van der Waals surface area contributed by atoms with Crippen LogP contribution in [0.3, 0.4) is 0 Å². The molecule has 0 saturated heterocycles. The predicted octanol–water partition coefficient (Wildman–Crippen LogP) is 3.71. The molecule has 0 aliphatic rings. The molecule has 0 spiro atoms. The number of halogens is 2. The van der Waals surface area contributed by atoms with Gasteiger partial charge in [-0.2, -0.15) is 13.8 Å². The Labute approximate surface area is 132 Å². The molecule has 0 saturated carbocycles. The van der Waals surface area contributed by atoms with E-state index in [0.717, 1.165) is 5.56 Å². The standard InChI is InChI=1S/C15H17F2N3OS/c1-10(18-2)9-13-19-14(21-20-13)8-5-11-3-6-12(7-4-11)22-15(16)17/h3-8,10,15,18H,9H2,1-2H3/b8-5+. The van der Waals surface area contributed by atoms with Crippen molar-refractivity contribution in [1.29, 1.82) is 0 Å². The van der Waals surface area contributed by atoms with Gasteiger partial charge in [0.15, 0.2) is 5.82 Å². The second-order valence-electron chi connectivity index (χ2n) is 4.72. The number of likely N-dealkylation sites (N-methyl/N-ethyl adjacent to an activating group) is 1. The Morgan fingerprint density at radius 1 is 1.27 bits per heavy atom. The molecule has 0 amide bonds. The fourth-order valence-electron chi connectivity index (χ4n) is 1.72. The Morgan fingerprint density at radius 2 is 2.00 bits per heavy atom. The molecule has 2 aromatic rings. The summed E-state index contributed by atoms with van der Waals surface area (Å²) < 4.78 is 29.6.